The first kappa shape index (κ1) is 17.0. The zero-order chi connectivity index (χ0) is 17.8. The van der Waals surface area contributed by atoms with Crippen LogP contribution in [0.1, 0.15) is 21.6 Å². The molecule has 0 saturated carbocycles. The Labute approximate surface area is 149 Å². The van der Waals surface area contributed by atoms with Crippen LogP contribution < -0.4 is 9.47 Å². The Morgan fingerprint density at radius 1 is 1.20 bits per heavy atom. The molecule has 0 atom stereocenters. The summed E-state index contributed by atoms with van der Waals surface area (Å²) in [6.07, 6.45) is 0. The van der Waals surface area contributed by atoms with E-state index in [4.69, 9.17) is 14.6 Å². The van der Waals surface area contributed by atoms with E-state index < -0.39 is 5.97 Å². The molecule has 0 aliphatic rings. The van der Waals surface area contributed by atoms with Crippen molar-refractivity contribution in [2.24, 2.45) is 0 Å². The fourth-order valence-corrected chi connectivity index (χ4v) is 3.18. The van der Waals surface area contributed by atoms with E-state index in [1.807, 2.05) is 37.3 Å². The molecule has 3 aromatic rings. The van der Waals surface area contributed by atoms with Gasteiger partial charge >= 0.3 is 5.97 Å². The highest BCUT2D eigenvalue weighted by molar-refractivity contribution is 7.13. The molecule has 0 radical (unpaired) electrons. The lowest BCUT2D eigenvalue weighted by molar-refractivity contribution is 0.0691. The highest BCUT2D eigenvalue weighted by Crippen LogP contribution is 2.34. The maximum Gasteiger partial charge on any atom is 0.355 e. The summed E-state index contributed by atoms with van der Waals surface area (Å²) >= 11 is 1.28. The van der Waals surface area contributed by atoms with Crippen molar-refractivity contribution in [3.05, 3.63) is 64.7 Å². The molecule has 3 rings (SSSR count). The average Bonchev–Trinajstić information content (AvgIpc) is 3.10. The van der Waals surface area contributed by atoms with E-state index in [-0.39, 0.29) is 5.69 Å². The van der Waals surface area contributed by atoms with E-state index in [0.29, 0.717) is 23.1 Å². The van der Waals surface area contributed by atoms with Crippen molar-refractivity contribution >= 4 is 17.3 Å². The number of ether oxygens (including phenoxy) is 2. The summed E-state index contributed by atoms with van der Waals surface area (Å²) < 4.78 is 11.3. The number of hydrogen-bond donors (Lipinski definition) is 1. The summed E-state index contributed by atoms with van der Waals surface area (Å²) in [5.74, 6) is 0.174. The lowest BCUT2D eigenvalue weighted by Gasteiger charge is -2.12. The Hall–Kier alpha value is -2.86. The molecule has 0 unspecified atom stereocenters. The summed E-state index contributed by atoms with van der Waals surface area (Å²) in [5, 5.41) is 11.1. The summed E-state index contributed by atoms with van der Waals surface area (Å²) in [5.41, 5.74) is 3.09. The molecule has 128 valence electrons. The van der Waals surface area contributed by atoms with Crippen LogP contribution in [0, 0.1) is 6.92 Å². The van der Waals surface area contributed by atoms with Gasteiger partial charge in [0.05, 0.1) is 7.11 Å². The van der Waals surface area contributed by atoms with Crippen molar-refractivity contribution in [1.29, 1.82) is 0 Å². The molecule has 0 bridgehead atoms. The monoisotopic (exact) mass is 355 g/mol. The number of aromatic nitrogens is 1. The smallest absolute Gasteiger partial charge is 0.355 e. The van der Waals surface area contributed by atoms with E-state index in [1.165, 1.54) is 22.3 Å². The fourth-order valence-electron chi connectivity index (χ4n) is 2.39. The van der Waals surface area contributed by atoms with Crippen molar-refractivity contribution in [2.45, 2.75) is 13.5 Å². The standard InChI is InChI=1S/C19H17NO4S/c1-12-4-3-5-13(8-12)10-24-16-7-6-14(9-17(16)23-2)18-20-15(11-25-18)19(21)22/h3-9,11H,10H2,1-2H3,(H,21,22). The molecule has 0 spiro atoms. The first-order chi connectivity index (χ1) is 12.1. The van der Waals surface area contributed by atoms with Gasteiger partial charge in [-0.1, -0.05) is 29.8 Å². The second-order valence-electron chi connectivity index (χ2n) is 5.49. The van der Waals surface area contributed by atoms with Crippen LogP contribution in [0.3, 0.4) is 0 Å². The van der Waals surface area contributed by atoms with Crippen molar-refractivity contribution in [1.82, 2.24) is 4.98 Å². The van der Waals surface area contributed by atoms with Crippen LogP contribution in [0.25, 0.3) is 10.6 Å². The topological polar surface area (TPSA) is 68.7 Å². The number of methoxy groups -OCH3 is 1. The lowest BCUT2D eigenvalue weighted by Crippen LogP contribution is -1.98. The molecule has 1 aromatic heterocycles. The number of aromatic carboxylic acids is 1. The second kappa shape index (κ2) is 7.36. The van der Waals surface area contributed by atoms with Gasteiger partial charge in [0, 0.05) is 10.9 Å². The number of nitrogens with zero attached hydrogens (tertiary/aromatic N) is 1. The first-order valence-corrected chi connectivity index (χ1v) is 8.50. The van der Waals surface area contributed by atoms with E-state index in [0.717, 1.165) is 11.1 Å². The molecule has 1 heterocycles. The third-order valence-electron chi connectivity index (χ3n) is 3.61. The minimum absolute atomic E-state index is 0.0405. The predicted molar refractivity (Wildman–Crippen MR) is 96.6 cm³/mol. The lowest BCUT2D eigenvalue weighted by atomic mass is 10.1. The number of thiazole rings is 1. The summed E-state index contributed by atoms with van der Waals surface area (Å²) in [4.78, 5) is 15.1. The molecule has 0 fully saturated rings. The van der Waals surface area contributed by atoms with Crippen molar-refractivity contribution < 1.29 is 19.4 Å². The third kappa shape index (κ3) is 3.97. The molecule has 5 nitrogen and oxygen atoms in total. The zero-order valence-electron chi connectivity index (χ0n) is 13.9. The largest absolute Gasteiger partial charge is 0.493 e. The molecule has 0 amide bonds. The van der Waals surface area contributed by atoms with E-state index in [2.05, 4.69) is 11.1 Å². The Bertz CT molecular complexity index is 904. The maximum atomic E-state index is 11.0. The van der Waals surface area contributed by atoms with Gasteiger partial charge in [0.1, 0.15) is 11.6 Å². The van der Waals surface area contributed by atoms with Crippen LogP contribution in [-0.2, 0) is 6.61 Å². The molecule has 1 N–H and O–H groups in total. The van der Waals surface area contributed by atoms with Crippen molar-refractivity contribution in [3.63, 3.8) is 0 Å². The van der Waals surface area contributed by atoms with E-state index >= 15 is 0 Å². The van der Waals surface area contributed by atoms with Gasteiger partial charge in [-0.2, -0.15) is 0 Å². The highest BCUT2D eigenvalue weighted by Gasteiger charge is 2.13. The molecule has 25 heavy (non-hydrogen) atoms. The molecule has 2 aromatic carbocycles. The number of rotatable bonds is 6. The van der Waals surface area contributed by atoms with E-state index in [9.17, 15) is 4.79 Å². The minimum atomic E-state index is -1.03. The van der Waals surface area contributed by atoms with Gasteiger partial charge in [0.15, 0.2) is 17.2 Å². The predicted octanol–water partition coefficient (Wildman–Crippen LogP) is 4.40. The summed E-state index contributed by atoms with van der Waals surface area (Å²) in [7, 11) is 1.57. The SMILES string of the molecule is COc1cc(-c2nc(C(=O)O)cs2)ccc1OCc1cccc(C)c1. The van der Waals surface area contributed by atoms with Crippen LogP contribution in [0.15, 0.2) is 47.8 Å². The van der Waals surface area contributed by atoms with Crippen LogP contribution in [0.2, 0.25) is 0 Å². The van der Waals surface area contributed by atoms with E-state index in [1.54, 1.807) is 13.2 Å². The van der Waals surface area contributed by atoms with Gasteiger partial charge in [0.25, 0.3) is 0 Å². The number of carbonyl (C=O) groups is 1. The number of benzene rings is 2. The van der Waals surface area contributed by atoms with Crippen LogP contribution in [-0.4, -0.2) is 23.2 Å². The van der Waals surface area contributed by atoms with Crippen molar-refractivity contribution in [3.8, 4) is 22.1 Å². The summed E-state index contributed by atoms with van der Waals surface area (Å²) in [6.45, 7) is 2.48. The van der Waals surface area contributed by atoms with Crippen LogP contribution >= 0.6 is 11.3 Å². The molecular formula is C19H17NO4S. The van der Waals surface area contributed by atoms with Gasteiger partial charge in [-0.05, 0) is 30.7 Å². The number of aryl methyl sites for hydroxylation is 1. The normalized spacial score (nSPS) is 10.5. The molecule has 0 saturated heterocycles. The second-order valence-corrected chi connectivity index (χ2v) is 6.34. The Kier molecular flexibility index (Phi) is 5.00. The summed E-state index contributed by atoms with van der Waals surface area (Å²) in [6, 6.07) is 13.6. The Balaban J connectivity index is 1.80. The molecule has 6 heteroatoms. The fraction of sp³-hybridized carbons (Fsp3) is 0.158. The van der Waals surface area contributed by atoms with Crippen LogP contribution in [0.4, 0.5) is 0 Å². The maximum absolute atomic E-state index is 11.0. The Morgan fingerprint density at radius 3 is 2.72 bits per heavy atom. The van der Waals surface area contributed by atoms with Gasteiger partial charge in [-0.25, -0.2) is 9.78 Å². The Morgan fingerprint density at radius 2 is 2.04 bits per heavy atom. The number of hydrogen-bond acceptors (Lipinski definition) is 5. The minimum Gasteiger partial charge on any atom is -0.493 e. The quantitative estimate of drug-likeness (QED) is 0.709. The van der Waals surface area contributed by atoms with Gasteiger partial charge in [-0.3, -0.25) is 0 Å². The average molecular weight is 355 g/mol. The molecule has 0 aliphatic heterocycles. The van der Waals surface area contributed by atoms with Crippen molar-refractivity contribution in [2.75, 3.05) is 7.11 Å². The van der Waals surface area contributed by atoms with Gasteiger partial charge < -0.3 is 14.6 Å². The number of carboxylic acids is 1. The molecule has 0 aliphatic carbocycles. The van der Waals surface area contributed by atoms with Gasteiger partial charge in [0.2, 0.25) is 0 Å². The van der Waals surface area contributed by atoms with Gasteiger partial charge in [-0.15, -0.1) is 11.3 Å². The molecular weight excluding hydrogens is 338 g/mol. The zero-order valence-corrected chi connectivity index (χ0v) is 14.7. The number of carboxylic acid groups (broad SMARTS) is 1. The third-order valence-corrected chi connectivity index (χ3v) is 4.50. The highest BCUT2D eigenvalue weighted by atomic mass is 32.1. The van der Waals surface area contributed by atoms with Crippen LogP contribution in [0.5, 0.6) is 11.5 Å². The first-order valence-electron chi connectivity index (χ1n) is 7.62.